The van der Waals surface area contributed by atoms with Gasteiger partial charge in [0.15, 0.2) is 0 Å². The van der Waals surface area contributed by atoms with Gasteiger partial charge in [-0.25, -0.2) is 4.98 Å². The van der Waals surface area contributed by atoms with Crippen LogP contribution in [0.3, 0.4) is 0 Å². The van der Waals surface area contributed by atoms with E-state index in [1.807, 2.05) is 48.7 Å². The molecule has 73 heavy (non-hydrogen) atoms. The standard InChI is InChI=1S/C66H49N5O.Pt/c1-43-18-14-28-55-56-29-15-19-44(2)64(56)70(63(43)55)49-32-35-58-57(40-49)54-34-33-51(41-61(54)71(58)62-38-47(36-37-67-62)66(3,4)5)72-50-25-16-24-48(39-50)68-42-69(60-31-13-12-30-59(60)68)65-52(45-20-8-6-9-21-45)26-17-27-53(65)46-22-10-7-11-23-46;/h6-38,40H,1-5H3;/q-2;/i6D,7D,8D,9D,10D,11D,20D,21D,22D,23D;. The molecule has 356 valence electrons. The van der Waals surface area contributed by atoms with E-state index in [-0.39, 0.29) is 54.4 Å². The number of aryl methyl sites for hydroxylation is 2. The van der Waals surface area contributed by atoms with Crippen molar-refractivity contribution in [3.05, 3.63) is 241 Å². The van der Waals surface area contributed by atoms with Gasteiger partial charge in [-0.1, -0.05) is 166 Å². The number of imidazole rings is 1. The summed E-state index contributed by atoms with van der Waals surface area (Å²) in [5, 5.41) is 4.35. The molecule has 0 amide bonds. The van der Waals surface area contributed by atoms with Gasteiger partial charge in [0.05, 0.1) is 41.5 Å². The number of hydrogen-bond acceptors (Lipinski definition) is 2. The van der Waals surface area contributed by atoms with Crippen molar-refractivity contribution in [3.63, 3.8) is 0 Å². The predicted octanol–water partition coefficient (Wildman–Crippen LogP) is 15.9. The van der Waals surface area contributed by atoms with Gasteiger partial charge in [-0.05, 0) is 99.6 Å². The molecule has 13 aromatic rings. The zero-order chi connectivity index (χ0) is 57.4. The number of nitrogens with zero attached hydrogens (tertiary/aromatic N) is 5. The van der Waals surface area contributed by atoms with Crippen LogP contribution in [-0.4, -0.2) is 18.7 Å². The summed E-state index contributed by atoms with van der Waals surface area (Å²) in [6.07, 6.45) is 5.28. The monoisotopic (exact) mass is 1130 g/mol. The number of rotatable bonds is 8. The molecule has 4 aromatic heterocycles. The molecule has 0 aliphatic rings. The van der Waals surface area contributed by atoms with Crippen molar-refractivity contribution in [3.8, 4) is 56.6 Å². The SMILES string of the molecule is [2H]c1c([2H])c([2H])c(-c2cccc(-c3c([2H])c([2H])c([2H])c([2H])c3[2H])c2-[n+]2[c-]n(-c3[c-]c(Oc4[c-]c5c(cc4)c4cc(-n6c7c(C)cccc7c7cccc(C)c76)ccc4n5-c4cc(C(C)(C)C)ccn4)ccc3)c3ccccc32)c([2H])c1[2H].[Pt]. The summed E-state index contributed by atoms with van der Waals surface area (Å²) < 4.78 is 102. The van der Waals surface area contributed by atoms with Gasteiger partial charge in [0.2, 0.25) is 0 Å². The Morgan fingerprint density at radius 2 is 1.22 bits per heavy atom. The fraction of sp³-hybridized carbons (Fsp3) is 0.0909. The minimum absolute atomic E-state index is 0. The molecule has 0 spiro atoms. The van der Waals surface area contributed by atoms with Gasteiger partial charge in [0, 0.05) is 60.7 Å². The smallest absolute Gasteiger partial charge is 0.268 e. The Labute approximate surface area is 453 Å². The van der Waals surface area contributed by atoms with E-state index in [2.05, 4.69) is 135 Å². The predicted molar refractivity (Wildman–Crippen MR) is 293 cm³/mol. The quantitative estimate of drug-likeness (QED) is 0.112. The first kappa shape index (κ1) is 35.7. The fourth-order valence-electron chi connectivity index (χ4n) is 10.2. The Morgan fingerprint density at radius 1 is 0.575 bits per heavy atom. The zero-order valence-electron chi connectivity index (χ0n) is 50.3. The van der Waals surface area contributed by atoms with Crippen LogP contribution in [0.15, 0.2) is 206 Å². The maximum Gasteiger partial charge on any atom is 0.268 e. The summed E-state index contributed by atoms with van der Waals surface area (Å²) in [4.78, 5) is 4.96. The molecule has 0 saturated carbocycles. The average molecular weight is 1130 g/mol. The molecule has 0 atom stereocenters. The Balaban J connectivity index is 0.00000680. The summed E-state index contributed by atoms with van der Waals surface area (Å²) in [6, 6.07) is 47.0. The van der Waals surface area contributed by atoms with Crippen molar-refractivity contribution in [2.75, 3.05) is 0 Å². The van der Waals surface area contributed by atoms with E-state index in [0.29, 0.717) is 28.2 Å². The first-order chi connectivity index (χ1) is 39.3. The summed E-state index contributed by atoms with van der Waals surface area (Å²) >= 11 is 0. The second-order valence-corrected chi connectivity index (χ2v) is 19.0. The number of benzene rings is 9. The Hall–Kier alpha value is -8.31. The van der Waals surface area contributed by atoms with E-state index in [0.717, 1.165) is 49.9 Å². The van der Waals surface area contributed by atoms with Crippen molar-refractivity contribution in [1.82, 2.24) is 18.7 Å². The molecular weight excluding hydrogens is 1070 g/mol. The van der Waals surface area contributed by atoms with Crippen molar-refractivity contribution in [1.29, 1.82) is 0 Å². The summed E-state index contributed by atoms with van der Waals surface area (Å²) in [5.41, 5.74) is 10.1. The van der Waals surface area contributed by atoms with Crippen LogP contribution in [-0.2, 0) is 26.5 Å². The molecule has 13 rings (SSSR count). The van der Waals surface area contributed by atoms with Crippen LogP contribution in [0, 0.1) is 32.3 Å². The van der Waals surface area contributed by atoms with E-state index in [4.69, 9.17) is 23.4 Å². The van der Waals surface area contributed by atoms with Crippen molar-refractivity contribution in [2.45, 2.75) is 40.0 Å². The van der Waals surface area contributed by atoms with Gasteiger partial charge in [0.25, 0.3) is 6.33 Å². The number of pyridine rings is 1. The largest absolute Gasteiger partial charge is 0.510 e. The number of hydrogen-bond donors (Lipinski definition) is 0. The van der Waals surface area contributed by atoms with Crippen LogP contribution >= 0.6 is 0 Å². The number of aromatic nitrogens is 5. The molecule has 0 bridgehead atoms. The molecule has 0 saturated heterocycles. The van der Waals surface area contributed by atoms with E-state index in [1.165, 1.54) is 21.9 Å². The fourth-order valence-corrected chi connectivity index (χ4v) is 10.2. The zero-order valence-corrected chi connectivity index (χ0v) is 42.6. The van der Waals surface area contributed by atoms with Gasteiger partial charge < -0.3 is 18.4 Å². The molecule has 0 N–H and O–H groups in total. The molecule has 0 fully saturated rings. The van der Waals surface area contributed by atoms with E-state index >= 15 is 0 Å². The van der Waals surface area contributed by atoms with Gasteiger partial charge in [-0.15, -0.1) is 29.7 Å². The minimum Gasteiger partial charge on any atom is -0.510 e. The third-order valence-electron chi connectivity index (χ3n) is 13.5. The van der Waals surface area contributed by atoms with Gasteiger partial charge in [-0.3, -0.25) is 4.57 Å². The average Bonchev–Trinajstić information content (AvgIpc) is 3.66. The van der Waals surface area contributed by atoms with Gasteiger partial charge in [0.1, 0.15) is 5.82 Å². The maximum atomic E-state index is 9.08. The number of para-hydroxylation sites is 5. The molecule has 7 heteroatoms. The maximum absolute atomic E-state index is 9.08. The molecule has 0 radical (unpaired) electrons. The summed E-state index contributed by atoms with van der Waals surface area (Å²) in [6.45, 7) is 10.9. The minimum atomic E-state index is -0.575. The molecule has 0 aliphatic carbocycles. The third kappa shape index (κ3) is 7.76. The number of ether oxygens (including phenoxy) is 1. The third-order valence-corrected chi connectivity index (χ3v) is 13.5. The Kier molecular flexibility index (Phi) is 8.85. The van der Waals surface area contributed by atoms with Gasteiger partial charge >= 0.3 is 0 Å². The summed E-state index contributed by atoms with van der Waals surface area (Å²) in [5.74, 6) is 1.50. The van der Waals surface area contributed by atoms with Crippen molar-refractivity contribution >= 4 is 54.6 Å². The molecule has 6 nitrogen and oxygen atoms in total. The normalized spacial score (nSPS) is 13.7. The second-order valence-electron chi connectivity index (χ2n) is 19.0. The van der Waals surface area contributed by atoms with Crippen LogP contribution in [0.2, 0.25) is 0 Å². The second kappa shape index (κ2) is 18.1. The molecular formula is C66H49N5OPt-2. The summed E-state index contributed by atoms with van der Waals surface area (Å²) in [7, 11) is 0. The molecule has 9 aromatic carbocycles. The van der Waals surface area contributed by atoms with Crippen LogP contribution in [0.4, 0.5) is 0 Å². The Morgan fingerprint density at radius 3 is 1.90 bits per heavy atom. The van der Waals surface area contributed by atoms with Crippen LogP contribution in [0.25, 0.3) is 99.8 Å². The van der Waals surface area contributed by atoms with Crippen molar-refractivity contribution in [2.24, 2.45) is 0 Å². The first-order valence-electron chi connectivity index (χ1n) is 28.7. The first-order valence-corrected chi connectivity index (χ1v) is 23.7. The molecule has 0 unspecified atom stereocenters. The van der Waals surface area contributed by atoms with Gasteiger partial charge in [-0.2, -0.15) is 18.2 Å². The topological polar surface area (TPSA) is 40.8 Å². The van der Waals surface area contributed by atoms with Crippen LogP contribution in [0.1, 0.15) is 51.2 Å². The molecule has 4 heterocycles. The van der Waals surface area contributed by atoms with Crippen molar-refractivity contribution < 1.29 is 44.1 Å². The molecule has 0 aliphatic heterocycles. The van der Waals surface area contributed by atoms with E-state index in [1.54, 1.807) is 33.4 Å². The Bertz CT molecular complexity index is 4680. The van der Waals surface area contributed by atoms with Crippen LogP contribution < -0.4 is 9.30 Å². The van der Waals surface area contributed by atoms with E-state index < -0.39 is 60.4 Å². The van der Waals surface area contributed by atoms with Crippen LogP contribution in [0.5, 0.6) is 11.5 Å². The van der Waals surface area contributed by atoms with E-state index in [9.17, 15) is 0 Å². The number of fused-ring (bicyclic) bond motifs is 7.